The lowest BCUT2D eigenvalue weighted by molar-refractivity contribution is 0.0467. The second-order valence-corrected chi connectivity index (χ2v) is 5.91. The fourth-order valence-corrected chi connectivity index (χ4v) is 2.70. The number of halogens is 2. The Morgan fingerprint density at radius 3 is 2.38 bits per heavy atom. The van der Waals surface area contributed by atoms with Gasteiger partial charge in [-0.1, -0.05) is 11.6 Å². The summed E-state index contributed by atoms with van der Waals surface area (Å²) in [5, 5.41) is 0.159. The lowest BCUT2D eigenvalue weighted by Gasteiger charge is -2.08. The molecule has 0 unspecified atom stereocenters. The molecule has 0 amide bonds. The first-order valence-electron chi connectivity index (χ1n) is 7.77. The van der Waals surface area contributed by atoms with E-state index in [1.807, 2.05) is 0 Å². The minimum absolute atomic E-state index is 0.0836. The molecule has 0 aliphatic heterocycles. The SMILES string of the molecule is CCOC(=O)c1c(C)[nH]c(C)c1C(=O)COC(=O)c1cc(Cl)ccc1F. The number of ketones is 1. The van der Waals surface area contributed by atoms with E-state index in [1.165, 1.54) is 6.07 Å². The predicted molar refractivity (Wildman–Crippen MR) is 92.2 cm³/mol. The Hall–Kier alpha value is -2.67. The standard InChI is InChI=1S/C18H17ClFNO5/c1-4-25-18(24)16-10(3)21-9(2)15(16)14(22)8-26-17(23)12-7-11(19)5-6-13(12)20/h5-7,21H,4,8H2,1-3H3. The van der Waals surface area contributed by atoms with E-state index in [9.17, 15) is 18.8 Å². The number of carbonyl (C=O) groups excluding carboxylic acids is 3. The Morgan fingerprint density at radius 2 is 1.73 bits per heavy atom. The van der Waals surface area contributed by atoms with Crippen molar-refractivity contribution in [2.24, 2.45) is 0 Å². The van der Waals surface area contributed by atoms with Crippen molar-refractivity contribution in [3.8, 4) is 0 Å². The first-order chi connectivity index (χ1) is 12.3. The Balaban J connectivity index is 2.19. The zero-order valence-electron chi connectivity index (χ0n) is 14.4. The average Bonchev–Trinajstić information content (AvgIpc) is 2.89. The molecule has 26 heavy (non-hydrogen) atoms. The van der Waals surface area contributed by atoms with E-state index in [0.29, 0.717) is 11.4 Å². The first kappa shape index (κ1) is 19.7. The highest BCUT2D eigenvalue weighted by Crippen LogP contribution is 2.21. The van der Waals surface area contributed by atoms with Gasteiger partial charge in [-0.3, -0.25) is 4.79 Å². The summed E-state index contributed by atoms with van der Waals surface area (Å²) in [5.41, 5.74) is 0.717. The highest BCUT2D eigenvalue weighted by atomic mass is 35.5. The molecule has 6 nitrogen and oxygen atoms in total. The minimum Gasteiger partial charge on any atom is -0.462 e. The van der Waals surface area contributed by atoms with Crippen LogP contribution in [0.3, 0.4) is 0 Å². The number of hydrogen-bond donors (Lipinski definition) is 1. The largest absolute Gasteiger partial charge is 0.462 e. The molecule has 0 saturated carbocycles. The van der Waals surface area contributed by atoms with Gasteiger partial charge in [-0.2, -0.15) is 0 Å². The Bertz CT molecular complexity index is 875. The lowest BCUT2D eigenvalue weighted by Crippen LogP contribution is -2.18. The number of ether oxygens (including phenoxy) is 2. The predicted octanol–water partition coefficient (Wildman–Crippen LogP) is 3.64. The van der Waals surface area contributed by atoms with Crippen LogP contribution in [-0.2, 0) is 9.47 Å². The number of carbonyl (C=O) groups is 3. The number of hydrogen-bond acceptors (Lipinski definition) is 5. The topological polar surface area (TPSA) is 85.5 Å². The molecule has 0 bridgehead atoms. The van der Waals surface area contributed by atoms with Gasteiger partial charge in [0.25, 0.3) is 0 Å². The molecule has 8 heteroatoms. The molecule has 0 aliphatic carbocycles. The molecule has 1 aromatic heterocycles. The summed E-state index contributed by atoms with van der Waals surface area (Å²) in [6.07, 6.45) is 0. The third kappa shape index (κ3) is 4.11. The van der Waals surface area contributed by atoms with Crippen molar-refractivity contribution < 1.29 is 28.2 Å². The van der Waals surface area contributed by atoms with Crippen molar-refractivity contribution in [1.29, 1.82) is 0 Å². The van der Waals surface area contributed by atoms with Crippen LogP contribution in [0, 0.1) is 19.7 Å². The van der Waals surface area contributed by atoms with Crippen molar-refractivity contribution in [2.75, 3.05) is 13.2 Å². The quantitative estimate of drug-likeness (QED) is 0.610. The summed E-state index contributed by atoms with van der Waals surface area (Å²) in [5.74, 6) is -3.09. The molecule has 2 aromatic rings. The third-order valence-electron chi connectivity index (χ3n) is 3.62. The maximum atomic E-state index is 13.7. The van der Waals surface area contributed by atoms with Crippen molar-refractivity contribution in [1.82, 2.24) is 4.98 Å². The van der Waals surface area contributed by atoms with E-state index >= 15 is 0 Å². The van der Waals surface area contributed by atoms with Crippen LogP contribution in [0.25, 0.3) is 0 Å². The lowest BCUT2D eigenvalue weighted by atomic mass is 10.1. The highest BCUT2D eigenvalue weighted by molar-refractivity contribution is 6.30. The van der Waals surface area contributed by atoms with Gasteiger partial charge in [-0.15, -0.1) is 0 Å². The fourth-order valence-electron chi connectivity index (χ4n) is 2.52. The smallest absolute Gasteiger partial charge is 0.341 e. The van der Waals surface area contributed by atoms with Crippen molar-refractivity contribution in [2.45, 2.75) is 20.8 Å². The molecule has 0 atom stereocenters. The molecule has 0 aliphatic rings. The van der Waals surface area contributed by atoms with E-state index < -0.39 is 30.1 Å². The zero-order valence-corrected chi connectivity index (χ0v) is 15.2. The molecule has 1 N–H and O–H groups in total. The van der Waals surface area contributed by atoms with Crippen molar-refractivity contribution >= 4 is 29.3 Å². The number of aromatic nitrogens is 1. The van der Waals surface area contributed by atoms with Gasteiger partial charge >= 0.3 is 11.9 Å². The van der Waals surface area contributed by atoms with Gasteiger partial charge in [-0.25, -0.2) is 14.0 Å². The molecular formula is C18H17ClFNO5. The maximum Gasteiger partial charge on any atom is 0.341 e. The van der Waals surface area contributed by atoms with Crippen LogP contribution < -0.4 is 0 Å². The number of H-pyrrole nitrogens is 1. The van der Waals surface area contributed by atoms with Gasteiger partial charge in [0.05, 0.1) is 23.3 Å². The maximum absolute atomic E-state index is 13.7. The molecule has 138 valence electrons. The fraction of sp³-hybridized carbons (Fsp3) is 0.278. The monoisotopic (exact) mass is 381 g/mol. The molecule has 0 spiro atoms. The molecule has 2 rings (SSSR count). The average molecular weight is 382 g/mol. The van der Waals surface area contributed by atoms with Crippen LogP contribution >= 0.6 is 11.6 Å². The Kier molecular flexibility index (Phi) is 6.15. The number of nitrogens with one attached hydrogen (secondary N) is 1. The summed E-state index contributed by atoms with van der Waals surface area (Å²) in [6.45, 7) is 4.38. The second kappa shape index (κ2) is 8.14. The number of rotatable bonds is 6. The second-order valence-electron chi connectivity index (χ2n) is 5.47. The molecule has 0 radical (unpaired) electrons. The first-order valence-corrected chi connectivity index (χ1v) is 8.15. The molecule has 1 heterocycles. The minimum atomic E-state index is -1.03. The number of aryl methyl sites for hydroxylation is 2. The third-order valence-corrected chi connectivity index (χ3v) is 3.85. The van der Waals surface area contributed by atoms with Gasteiger partial charge in [-0.05, 0) is 39.0 Å². The zero-order chi connectivity index (χ0) is 19.4. The van der Waals surface area contributed by atoms with E-state index in [2.05, 4.69) is 4.98 Å². The number of aromatic amines is 1. The van der Waals surface area contributed by atoms with Crippen LogP contribution in [0.4, 0.5) is 4.39 Å². The van der Waals surface area contributed by atoms with Crippen molar-refractivity contribution in [3.63, 3.8) is 0 Å². The highest BCUT2D eigenvalue weighted by Gasteiger charge is 2.26. The number of esters is 2. The van der Waals surface area contributed by atoms with Gasteiger partial charge < -0.3 is 14.5 Å². The van der Waals surface area contributed by atoms with Gasteiger partial charge in [0, 0.05) is 16.4 Å². The summed E-state index contributed by atoms with van der Waals surface area (Å²) in [4.78, 5) is 39.4. The normalized spacial score (nSPS) is 10.5. The molecule has 0 fully saturated rings. The van der Waals surface area contributed by atoms with Gasteiger partial charge in [0.1, 0.15) is 5.82 Å². The Labute approximate surface area is 154 Å². The van der Waals surface area contributed by atoms with E-state index in [1.54, 1.807) is 20.8 Å². The van der Waals surface area contributed by atoms with E-state index in [-0.39, 0.29) is 28.3 Å². The van der Waals surface area contributed by atoms with Crippen LogP contribution in [0.15, 0.2) is 18.2 Å². The molecule has 0 saturated heterocycles. The summed E-state index contributed by atoms with van der Waals surface area (Å²) < 4.78 is 23.5. The van der Waals surface area contributed by atoms with Gasteiger partial charge in [0.15, 0.2) is 6.61 Å². The number of Topliss-reactive ketones (excluding diaryl/α,β-unsaturated/α-hetero) is 1. The molecular weight excluding hydrogens is 365 g/mol. The van der Waals surface area contributed by atoms with Crippen LogP contribution in [0.2, 0.25) is 5.02 Å². The van der Waals surface area contributed by atoms with Crippen LogP contribution in [0.1, 0.15) is 49.4 Å². The molecule has 1 aromatic carbocycles. The van der Waals surface area contributed by atoms with E-state index in [0.717, 1.165) is 12.1 Å². The van der Waals surface area contributed by atoms with E-state index in [4.69, 9.17) is 21.1 Å². The van der Waals surface area contributed by atoms with Crippen LogP contribution in [-0.4, -0.2) is 35.9 Å². The Morgan fingerprint density at radius 1 is 1.08 bits per heavy atom. The summed E-state index contributed by atoms with van der Waals surface area (Å²) in [6, 6.07) is 3.43. The summed E-state index contributed by atoms with van der Waals surface area (Å²) in [7, 11) is 0. The van der Waals surface area contributed by atoms with Crippen molar-refractivity contribution in [3.05, 3.63) is 57.1 Å². The summed E-state index contributed by atoms with van der Waals surface area (Å²) >= 11 is 5.73. The number of benzene rings is 1. The van der Waals surface area contributed by atoms with Gasteiger partial charge in [0.2, 0.25) is 5.78 Å². The van der Waals surface area contributed by atoms with Crippen LogP contribution in [0.5, 0.6) is 0 Å².